The summed E-state index contributed by atoms with van der Waals surface area (Å²) >= 11 is 0. The van der Waals surface area contributed by atoms with Gasteiger partial charge in [0.1, 0.15) is 18.2 Å². The third-order valence-electron chi connectivity index (χ3n) is 5.96. The molecule has 1 unspecified atom stereocenters. The van der Waals surface area contributed by atoms with Gasteiger partial charge in [0.15, 0.2) is 0 Å². The first-order valence-electron chi connectivity index (χ1n) is 12.2. The van der Waals surface area contributed by atoms with Crippen LogP contribution in [0.5, 0.6) is 0 Å². The smallest absolute Gasteiger partial charge is 0.408 e. The van der Waals surface area contributed by atoms with Crippen LogP contribution in [0.1, 0.15) is 43.5 Å². The number of nitrogens with zero attached hydrogens (tertiary/aromatic N) is 1. The van der Waals surface area contributed by atoms with Gasteiger partial charge in [-0.1, -0.05) is 48.5 Å². The lowest BCUT2D eigenvalue weighted by Crippen LogP contribution is -2.47. The average Bonchev–Trinajstić information content (AvgIpc) is 2.83. The molecule has 8 heteroatoms. The number of fused-ring (bicyclic) bond motifs is 1. The molecule has 3 rings (SSSR count). The molecule has 3 aromatic rings. The Morgan fingerprint density at radius 1 is 0.973 bits per heavy atom. The summed E-state index contributed by atoms with van der Waals surface area (Å²) in [6.45, 7) is 8.14. The number of alkyl carbamates (subject to hydrolysis) is 1. The van der Waals surface area contributed by atoms with Crippen molar-refractivity contribution in [3.8, 4) is 0 Å². The zero-order chi connectivity index (χ0) is 27.2. The molecule has 0 fully saturated rings. The lowest BCUT2D eigenvalue weighted by atomic mass is 9.95. The van der Waals surface area contributed by atoms with Crippen LogP contribution in [-0.4, -0.2) is 53.2 Å². The highest BCUT2D eigenvalue weighted by molar-refractivity contribution is 6.00. The van der Waals surface area contributed by atoms with Crippen molar-refractivity contribution >= 4 is 34.4 Å². The van der Waals surface area contributed by atoms with E-state index in [9.17, 15) is 19.5 Å². The second kappa shape index (κ2) is 11.9. The summed E-state index contributed by atoms with van der Waals surface area (Å²) in [5.41, 5.74) is 2.32. The Morgan fingerprint density at radius 2 is 1.68 bits per heavy atom. The fraction of sp³-hybridized carbons (Fsp3) is 0.345. The SMILES string of the molecule is Cc1cccc(C(C(=O)Nc2ccc3ccccc3c2)N(CCO)C(=O)CNC(=O)OC(C)(C)C)c1C. The number of anilines is 1. The highest BCUT2D eigenvalue weighted by atomic mass is 16.6. The number of rotatable bonds is 8. The second-order valence-corrected chi connectivity index (χ2v) is 9.91. The quantitative estimate of drug-likeness (QED) is 0.418. The van der Waals surface area contributed by atoms with Crippen molar-refractivity contribution in [1.82, 2.24) is 10.2 Å². The number of aliphatic hydroxyl groups excluding tert-OH is 1. The van der Waals surface area contributed by atoms with Gasteiger partial charge >= 0.3 is 6.09 Å². The number of hydrogen-bond acceptors (Lipinski definition) is 5. The van der Waals surface area contributed by atoms with E-state index in [0.29, 0.717) is 11.3 Å². The van der Waals surface area contributed by atoms with E-state index in [-0.39, 0.29) is 19.7 Å². The molecule has 0 aliphatic rings. The number of ether oxygens (including phenoxy) is 1. The lowest BCUT2D eigenvalue weighted by Gasteiger charge is -2.32. The molecule has 8 nitrogen and oxygen atoms in total. The summed E-state index contributed by atoms with van der Waals surface area (Å²) in [4.78, 5) is 40.5. The van der Waals surface area contributed by atoms with Gasteiger partial charge in [-0.2, -0.15) is 0 Å². The van der Waals surface area contributed by atoms with Crippen LogP contribution in [-0.2, 0) is 14.3 Å². The first-order chi connectivity index (χ1) is 17.5. The van der Waals surface area contributed by atoms with Gasteiger partial charge in [0.05, 0.1) is 6.61 Å². The van der Waals surface area contributed by atoms with Crippen LogP contribution in [0.3, 0.4) is 0 Å². The first-order valence-corrected chi connectivity index (χ1v) is 12.2. The van der Waals surface area contributed by atoms with Crippen LogP contribution < -0.4 is 10.6 Å². The van der Waals surface area contributed by atoms with Crippen molar-refractivity contribution in [3.05, 3.63) is 77.4 Å². The van der Waals surface area contributed by atoms with Gasteiger partial charge in [-0.3, -0.25) is 9.59 Å². The van der Waals surface area contributed by atoms with Crippen molar-refractivity contribution in [2.24, 2.45) is 0 Å². The van der Waals surface area contributed by atoms with Gasteiger partial charge in [-0.05, 0) is 74.2 Å². The van der Waals surface area contributed by atoms with E-state index in [1.54, 1.807) is 26.8 Å². The molecule has 3 aromatic carbocycles. The van der Waals surface area contributed by atoms with Gasteiger partial charge in [-0.15, -0.1) is 0 Å². The molecule has 0 aromatic heterocycles. The summed E-state index contributed by atoms with van der Waals surface area (Å²) < 4.78 is 5.22. The molecule has 0 heterocycles. The summed E-state index contributed by atoms with van der Waals surface area (Å²) in [5.74, 6) is -0.956. The van der Waals surface area contributed by atoms with Gasteiger partial charge in [0, 0.05) is 12.2 Å². The Labute approximate surface area is 217 Å². The Balaban J connectivity index is 1.93. The van der Waals surface area contributed by atoms with E-state index in [1.165, 1.54) is 4.90 Å². The number of carbonyl (C=O) groups excluding carboxylic acids is 3. The molecule has 37 heavy (non-hydrogen) atoms. The third-order valence-corrected chi connectivity index (χ3v) is 5.96. The standard InChI is InChI=1S/C29H35N3O5/c1-19-9-8-12-24(20(19)2)26(27(35)31-23-14-13-21-10-6-7-11-22(21)17-23)32(15-16-33)25(34)18-30-28(36)37-29(3,4)5/h6-14,17,26,33H,15-16,18H2,1-5H3,(H,30,36)(H,31,35). The maximum atomic E-state index is 13.8. The maximum Gasteiger partial charge on any atom is 0.408 e. The zero-order valence-electron chi connectivity index (χ0n) is 22.0. The normalized spacial score (nSPS) is 12.1. The minimum absolute atomic E-state index is 0.0992. The number of amides is 3. The number of hydrogen-bond donors (Lipinski definition) is 3. The van der Waals surface area contributed by atoms with E-state index in [2.05, 4.69) is 10.6 Å². The van der Waals surface area contributed by atoms with E-state index in [0.717, 1.165) is 21.9 Å². The van der Waals surface area contributed by atoms with E-state index in [1.807, 2.05) is 68.4 Å². The molecule has 0 spiro atoms. The molecule has 0 radical (unpaired) electrons. The van der Waals surface area contributed by atoms with Crippen molar-refractivity contribution in [1.29, 1.82) is 0 Å². The van der Waals surface area contributed by atoms with Gasteiger partial charge in [0.2, 0.25) is 5.91 Å². The average molecular weight is 506 g/mol. The fourth-order valence-corrected chi connectivity index (χ4v) is 4.07. The van der Waals surface area contributed by atoms with Crippen molar-refractivity contribution in [2.75, 3.05) is 25.0 Å². The number of carbonyl (C=O) groups is 3. The molecule has 3 N–H and O–H groups in total. The molecule has 196 valence electrons. The highest BCUT2D eigenvalue weighted by Crippen LogP contribution is 2.28. The lowest BCUT2D eigenvalue weighted by molar-refractivity contribution is -0.138. The molecular weight excluding hydrogens is 470 g/mol. The van der Waals surface area contributed by atoms with Crippen LogP contribution in [0, 0.1) is 13.8 Å². The molecule has 0 saturated carbocycles. The second-order valence-electron chi connectivity index (χ2n) is 9.91. The molecule has 0 saturated heterocycles. The topological polar surface area (TPSA) is 108 Å². The van der Waals surface area contributed by atoms with Gasteiger partial charge in [0.25, 0.3) is 5.91 Å². The molecule has 3 amide bonds. The summed E-state index contributed by atoms with van der Waals surface area (Å²) in [5, 5.41) is 17.2. The van der Waals surface area contributed by atoms with Crippen LogP contribution in [0.25, 0.3) is 10.8 Å². The number of aliphatic hydroxyl groups is 1. The Morgan fingerprint density at radius 3 is 2.35 bits per heavy atom. The summed E-state index contributed by atoms with van der Waals surface area (Å²) in [6.07, 6.45) is -0.742. The number of benzene rings is 3. The van der Waals surface area contributed by atoms with Crippen molar-refractivity contribution in [2.45, 2.75) is 46.3 Å². The summed E-state index contributed by atoms with van der Waals surface area (Å²) in [6, 6.07) is 17.9. The van der Waals surface area contributed by atoms with Crippen molar-refractivity contribution < 1.29 is 24.2 Å². The van der Waals surface area contributed by atoms with Crippen LogP contribution in [0.4, 0.5) is 10.5 Å². The minimum atomic E-state index is -1.04. The minimum Gasteiger partial charge on any atom is -0.444 e. The summed E-state index contributed by atoms with van der Waals surface area (Å²) in [7, 11) is 0. The molecule has 0 aliphatic heterocycles. The maximum absolute atomic E-state index is 13.8. The Kier molecular flexibility index (Phi) is 8.89. The Hall–Kier alpha value is -3.91. The van der Waals surface area contributed by atoms with Gasteiger partial charge < -0.3 is 25.4 Å². The first kappa shape index (κ1) is 27.7. The zero-order valence-corrected chi connectivity index (χ0v) is 22.0. The van der Waals surface area contributed by atoms with E-state index < -0.39 is 29.6 Å². The van der Waals surface area contributed by atoms with Gasteiger partial charge in [-0.25, -0.2) is 4.79 Å². The molecule has 0 bridgehead atoms. The molecule has 0 aliphatic carbocycles. The van der Waals surface area contributed by atoms with Crippen LogP contribution in [0.2, 0.25) is 0 Å². The predicted octanol–water partition coefficient (Wildman–Crippen LogP) is 4.48. The third kappa shape index (κ3) is 7.30. The van der Waals surface area contributed by atoms with Crippen molar-refractivity contribution in [3.63, 3.8) is 0 Å². The van der Waals surface area contributed by atoms with Crippen LogP contribution >= 0.6 is 0 Å². The molecular formula is C29H35N3O5. The largest absolute Gasteiger partial charge is 0.444 e. The highest BCUT2D eigenvalue weighted by Gasteiger charge is 2.33. The fourth-order valence-electron chi connectivity index (χ4n) is 4.07. The number of nitrogens with one attached hydrogen (secondary N) is 2. The Bertz CT molecular complexity index is 1280. The van der Waals surface area contributed by atoms with Crippen LogP contribution in [0.15, 0.2) is 60.7 Å². The molecule has 1 atom stereocenters. The monoisotopic (exact) mass is 505 g/mol. The van der Waals surface area contributed by atoms with E-state index in [4.69, 9.17) is 4.74 Å². The predicted molar refractivity (Wildman–Crippen MR) is 144 cm³/mol. The van der Waals surface area contributed by atoms with E-state index >= 15 is 0 Å². The number of aryl methyl sites for hydroxylation is 1.